The topological polar surface area (TPSA) is 70.4 Å². The second-order valence-corrected chi connectivity index (χ2v) is 6.10. The molecule has 104 valence electrons. The first-order chi connectivity index (χ1) is 9.30. The Kier molecular flexibility index (Phi) is 2.45. The molecule has 0 radical (unpaired) electrons. The third-order valence-electron chi connectivity index (χ3n) is 3.57. The molecular formula is C15H17N3O2. The van der Waals surface area contributed by atoms with Crippen molar-refractivity contribution in [2.45, 2.75) is 33.1 Å². The van der Waals surface area contributed by atoms with Crippen molar-refractivity contribution in [2.75, 3.05) is 0 Å². The van der Waals surface area contributed by atoms with E-state index in [1.807, 2.05) is 18.2 Å². The van der Waals surface area contributed by atoms with Gasteiger partial charge in [-0.15, -0.1) is 0 Å². The van der Waals surface area contributed by atoms with E-state index >= 15 is 0 Å². The number of aryl methyl sites for hydroxylation is 1. The quantitative estimate of drug-likeness (QED) is 0.714. The lowest BCUT2D eigenvalue weighted by Crippen LogP contribution is -2.11. The number of fused-ring (bicyclic) bond motifs is 3. The number of imidazole rings is 2. The molecule has 3 rings (SSSR count). The summed E-state index contributed by atoms with van der Waals surface area (Å²) in [5.41, 5.74) is 3.61. The number of aromatic amines is 1. The molecule has 0 saturated carbocycles. The summed E-state index contributed by atoms with van der Waals surface area (Å²) in [6.07, 6.45) is 0. The normalized spacial score (nSPS) is 12.4. The number of hydrogen-bond acceptors (Lipinski definition) is 2. The lowest BCUT2D eigenvalue weighted by molar-refractivity contribution is 0.0689. The Morgan fingerprint density at radius 3 is 2.65 bits per heavy atom. The van der Waals surface area contributed by atoms with Crippen molar-refractivity contribution >= 4 is 22.8 Å². The van der Waals surface area contributed by atoms with Crippen molar-refractivity contribution in [1.82, 2.24) is 14.4 Å². The van der Waals surface area contributed by atoms with E-state index in [2.05, 4.69) is 30.7 Å². The zero-order valence-corrected chi connectivity index (χ0v) is 12.0. The monoisotopic (exact) mass is 271 g/mol. The van der Waals surface area contributed by atoms with Gasteiger partial charge in [0.1, 0.15) is 0 Å². The van der Waals surface area contributed by atoms with Crippen molar-refractivity contribution in [3.05, 3.63) is 35.2 Å². The molecule has 1 aromatic carbocycles. The summed E-state index contributed by atoms with van der Waals surface area (Å²) in [7, 11) is 0. The first kappa shape index (κ1) is 12.7. The van der Waals surface area contributed by atoms with Gasteiger partial charge in [0, 0.05) is 5.69 Å². The average molecular weight is 271 g/mol. The van der Waals surface area contributed by atoms with Gasteiger partial charge in [-0.05, 0) is 24.0 Å². The summed E-state index contributed by atoms with van der Waals surface area (Å²) >= 11 is 0. The molecule has 0 aliphatic rings. The van der Waals surface area contributed by atoms with E-state index in [1.54, 1.807) is 11.3 Å². The molecule has 0 amide bonds. The Labute approximate surface area is 116 Å². The smallest absolute Gasteiger partial charge is 0.354 e. The van der Waals surface area contributed by atoms with E-state index in [1.165, 1.54) is 0 Å². The van der Waals surface area contributed by atoms with E-state index in [0.29, 0.717) is 11.5 Å². The van der Waals surface area contributed by atoms with E-state index < -0.39 is 5.97 Å². The molecule has 0 aliphatic heterocycles. The van der Waals surface area contributed by atoms with Gasteiger partial charge < -0.3 is 10.1 Å². The number of carboxylic acids is 1. The van der Waals surface area contributed by atoms with Crippen molar-refractivity contribution in [1.29, 1.82) is 0 Å². The molecular weight excluding hydrogens is 254 g/mol. The summed E-state index contributed by atoms with van der Waals surface area (Å²) in [6, 6.07) is 5.90. The maximum Gasteiger partial charge on any atom is 0.354 e. The molecule has 0 atom stereocenters. The molecule has 2 aromatic heterocycles. The maximum absolute atomic E-state index is 11.5. The van der Waals surface area contributed by atoms with Gasteiger partial charge in [-0.3, -0.25) is 4.40 Å². The molecule has 2 heterocycles. The molecule has 0 aliphatic carbocycles. The fourth-order valence-electron chi connectivity index (χ4n) is 2.67. The van der Waals surface area contributed by atoms with Crippen molar-refractivity contribution in [2.24, 2.45) is 0 Å². The largest absolute Gasteiger partial charge is 0.477 e. The Bertz CT molecular complexity index is 834. The van der Waals surface area contributed by atoms with Crippen LogP contribution in [0.3, 0.4) is 0 Å². The van der Waals surface area contributed by atoms with Crippen LogP contribution in [0.1, 0.15) is 42.5 Å². The van der Waals surface area contributed by atoms with Crippen LogP contribution in [0.4, 0.5) is 0 Å². The van der Waals surface area contributed by atoms with Crippen LogP contribution >= 0.6 is 0 Å². The summed E-state index contributed by atoms with van der Waals surface area (Å²) in [5, 5.41) is 9.39. The van der Waals surface area contributed by atoms with Crippen LogP contribution in [-0.4, -0.2) is 25.4 Å². The number of H-pyrrole nitrogens is 1. The zero-order chi connectivity index (χ0) is 14.7. The van der Waals surface area contributed by atoms with E-state index in [0.717, 1.165) is 16.6 Å². The van der Waals surface area contributed by atoms with Gasteiger partial charge in [-0.25, -0.2) is 9.78 Å². The lowest BCUT2D eigenvalue weighted by atomic mass is 9.86. The highest BCUT2D eigenvalue weighted by Crippen LogP contribution is 2.31. The standard InChI is InChI=1S/C15H17N3O2/c1-8-12(13(19)20)18-10-7-5-6-9(15(2,3)4)11(10)17-14(18)16-8/h5-7H,1-4H3,(H,16,17)(H,19,20). The number of aromatic nitrogens is 3. The first-order valence-corrected chi connectivity index (χ1v) is 6.54. The van der Waals surface area contributed by atoms with Crippen LogP contribution in [0.15, 0.2) is 18.2 Å². The number of para-hydroxylation sites is 1. The van der Waals surface area contributed by atoms with Crippen LogP contribution in [0, 0.1) is 6.92 Å². The molecule has 0 spiro atoms. The van der Waals surface area contributed by atoms with E-state index in [9.17, 15) is 9.90 Å². The number of hydrogen-bond donors (Lipinski definition) is 2. The minimum Gasteiger partial charge on any atom is -0.477 e. The Morgan fingerprint density at radius 1 is 1.35 bits per heavy atom. The summed E-state index contributed by atoms with van der Waals surface area (Å²) in [5.74, 6) is -0.374. The Morgan fingerprint density at radius 2 is 2.05 bits per heavy atom. The summed E-state index contributed by atoms with van der Waals surface area (Å²) in [6.45, 7) is 8.12. The number of aromatic carboxylic acids is 1. The number of nitrogens with zero attached hydrogens (tertiary/aromatic N) is 2. The van der Waals surface area contributed by atoms with Gasteiger partial charge in [-0.2, -0.15) is 0 Å². The third kappa shape index (κ3) is 1.62. The molecule has 5 nitrogen and oxygen atoms in total. The molecule has 2 N–H and O–H groups in total. The van der Waals surface area contributed by atoms with Crippen molar-refractivity contribution in [3.63, 3.8) is 0 Å². The van der Waals surface area contributed by atoms with Crippen LogP contribution in [0.5, 0.6) is 0 Å². The molecule has 0 saturated heterocycles. The van der Waals surface area contributed by atoms with Crippen molar-refractivity contribution in [3.8, 4) is 0 Å². The summed E-state index contributed by atoms with van der Waals surface area (Å²) in [4.78, 5) is 19.1. The van der Waals surface area contributed by atoms with Crippen LogP contribution in [0.2, 0.25) is 0 Å². The van der Waals surface area contributed by atoms with Gasteiger partial charge >= 0.3 is 5.97 Å². The molecule has 5 heteroatoms. The molecule has 20 heavy (non-hydrogen) atoms. The molecule has 0 bridgehead atoms. The molecule has 0 fully saturated rings. The van der Waals surface area contributed by atoms with Gasteiger partial charge in [-0.1, -0.05) is 32.9 Å². The predicted molar refractivity (Wildman–Crippen MR) is 77.4 cm³/mol. The number of carbonyl (C=O) groups is 1. The van der Waals surface area contributed by atoms with E-state index in [-0.39, 0.29) is 11.1 Å². The van der Waals surface area contributed by atoms with Gasteiger partial charge in [0.05, 0.1) is 11.0 Å². The summed E-state index contributed by atoms with van der Waals surface area (Å²) < 4.78 is 1.68. The fourth-order valence-corrected chi connectivity index (χ4v) is 2.67. The average Bonchev–Trinajstić information content (AvgIpc) is 2.80. The van der Waals surface area contributed by atoms with E-state index in [4.69, 9.17) is 0 Å². The van der Waals surface area contributed by atoms with Crippen LogP contribution in [0.25, 0.3) is 16.8 Å². The molecule has 0 unspecified atom stereocenters. The number of nitrogens with one attached hydrogen (secondary N) is 1. The zero-order valence-electron chi connectivity index (χ0n) is 12.0. The van der Waals surface area contributed by atoms with Gasteiger partial charge in [0.25, 0.3) is 0 Å². The fraction of sp³-hybridized carbons (Fsp3) is 0.333. The number of carboxylic acid groups (broad SMARTS) is 1. The first-order valence-electron chi connectivity index (χ1n) is 6.54. The Balaban J connectivity index is 2.48. The second-order valence-electron chi connectivity index (χ2n) is 6.10. The number of rotatable bonds is 1. The highest BCUT2D eigenvalue weighted by molar-refractivity contribution is 5.93. The second kappa shape index (κ2) is 3.85. The third-order valence-corrected chi connectivity index (χ3v) is 3.57. The number of benzene rings is 1. The van der Waals surface area contributed by atoms with Gasteiger partial charge in [0.2, 0.25) is 5.78 Å². The predicted octanol–water partition coefficient (Wildman–Crippen LogP) is 3.12. The van der Waals surface area contributed by atoms with Crippen LogP contribution in [-0.2, 0) is 5.41 Å². The van der Waals surface area contributed by atoms with Gasteiger partial charge in [0.15, 0.2) is 5.69 Å². The highest BCUT2D eigenvalue weighted by atomic mass is 16.4. The van der Waals surface area contributed by atoms with Crippen LogP contribution < -0.4 is 0 Å². The highest BCUT2D eigenvalue weighted by Gasteiger charge is 2.23. The van der Waals surface area contributed by atoms with Crippen molar-refractivity contribution < 1.29 is 9.90 Å². The molecule has 3 aromatic rings. The minimum atomic E-state index is -0.950. The SMILES string of the molecule is Cc1[nH]c2nc3c(C(C)(C)C)cccc3n2c1C(=O)O. The lowest BCUT2D eigenvalue weighted by Gasteiger charge is -2.19. The maximum atomic E-state index is 11.5. The Hall–Kier alpha value is -2.30. The minimum absolute atomic E-state index is 0.0443.